The molecule has 0 spiro atoms. The summed E-state index contributed by atoms with van der Waals surface area (Å²) < 4.78 is 5.59. The van der Waals surface area contributed by atoms with E-state index in [1.807, 2.05) is 52.5 Å². The van der Waals surface area contributed by atoms with Crippen molar-refractivity contribution in [3.63, 3.8) is 0 Å². The Kier molecular flexibility index (Phi) is 4.27. The minimum atomic E-state index is -0.00885. The van der Waals surface area contributed by atoms with Gasteiger partial charge in [-0.1, -0.05) is 30.8 Å². The summed E-state index contributed by atoms with van der Waals surface area (Å²) in [6, 6.07) is 9.54. The number of benzene rings is 1. The Labute approximate surface area is 148 Å². The molecule has 0 radical (unpaired) electrons. The van der Waals surface area contributed by atoms with Gasteiger partial charge >= 0.3 is 0 Å². The number of fused-ring (bicyclic) bond motifs is 3. The van der Waals surface area contributed by atoms with E-state index in [2.05, 4.69) is 15.3 Å². The first-order valence-electron chi connectivity index (χ1n) is 8.26. The zero-order chi connectivity index (χ0) is 17.2. The van der Waals surface area contributed by atoms with Gasteiger partial charge in [-0.05, 0) is 24.6 Å². The molecule has 0 unspecified atom stereocenters. The Morgan fingerprint density at radius 1 is 1.12 bits per heavy atom. The van der Waals surface area contributed by atoms with Crippen LogP contribution in [0.15, 0.2) is 52.7 Å². The summed E-state index contributed by atoms with van der Waals surface area (Å²) >= 11 is 1.62. The topological polar surface area (TPSA) is 70.0 Å². The van der Waals surface area contributed by atoms with Crippen molar-refractivity contribution >= 4 is 28.4 Å². The quantitative estimate of drug-likeness (QED) is 0.498. The molecule has 0 aliphatic carbocycles. The van der Waals surface area contributed by atoms with Gasteiger partial charge in [0.2, 0.25) is 5.78 Å². The average Bonchev–Trinajstić information content (AvgIpc) is 3.29. The maximum Gasteiger partial charge on any atom is 0.262 e. The summed E-state index contributed by atoms with van der Waals surface area (Å²) in [7, 11) is 0. The third-order valence-corrected chi connectivity index (χ3v) is 4.95. The second-order valence-electron chi connectivity index (χ2n) is 5.71. The minimum absolute atomic E-state index is 0.00885. The van der Waals surface area contributed by atoms with E-state index in [-0.39, 0.29) is 5.56 Å². The minimum Gasteiger partial charge on any atom is -0.276 e. The third-order valence-electron chi connectivity index (χ3n) is 4.04. The SMILES string of the molecule is CCCn1c(=O)c2ccccc2n2c(SCCn3cccn3)nnc12. The molecule has 0 aliphatic heterocycles. The Morgan fingerprint density at radius 3 is 2.80 bits per heavy atom. The number of rotatable bonds is 6. The lowest BCUT2D eigenvalue weighted by molar-refractivity contribution is 0.661. The second kappa shape index (κ2) is 6.72. The molecular weight excluding hydrogens is 336 g/mol. The smallest absolute Gasteiger partial charge is 0.262 e. The van der Waals surface area contributed by atoms with Crippen LogP contribution in [0.25, 0.3) is 16.7 Å². The molecule has 0 saturated heterocycles. The number of nitrogens with zero attached hydrogens (tertiary/aromatic N) is 6. The summed E-state index contributed by atoms with van der Waals surface area (Å²) in [4.78, 5) is 12.8. The molecule has 0 atom stereocenters. The molecule has 0 amide bonds. The first kappa shape index (κ1) is 15.9. The molecular formula is C17H18N6OS. The standard InChI is InChI=1S/C17H18N6OS/c1-2-9-22-15(24)13-6-3-4-7-14(13)23-16(22)19-20-17(23)25-12-11-21-10-5-8-18-21/h3-8,10H,2,9,11-12H2,1H3. The van der Waals surface area contributed by atoms with Crippen LogP contribution < -0.4 is 5.56 Å². The molecule has 7 nitrogen and oxygen atoms in total. The number of aryl methyl sites for hydroxylation is 2. The van der Waals surface area contributed by atoms with E-state index in [0.29, 0.717) is 17.7 Å². The highest BCUT2D eigenvalue weighted by atomic mass is 32.2. The van der Waals surface area contributed by atoms with Gasteiger partial charge in [0.05, 0.1) is 17.4 Å². The van der Waals surface area contributed by atoms with Crippen LogP contribution in [0.2, 0.25) is 0 Å². The molecule has 3 heterocycles. The van der Waals surface area contributed by atoms with Crippen LogP contribution in [0.3, 0.4) is 0 Å². The van der Waals surface area contributed by atoms with Crippen LogP contribution in [0.4, 0.5) is 0 Å². The molecule has 0 fully saturated rings. The van der Waals surface area contributed by atoms with Gasteiger partial charge in [0, 0.05) is 24.7 Å². The van der Waals surface area contributed by atoms with Crippen molar-refractivity contribution in [2.75, 3.05) is 5.75 Å². The second-order valence-corrected chi connectivity index (χ2v) is 6.77. The van der Waals surface area contributed by atoms with Crippen LogP contribution in [0, 0.1) is 0 Å². The summed E-state index contributed by atoms with van der Waals surface area (Å²) in [6.07, 6.45) is 4.58. The fourth-order valence-electron chi connectivity index (χ4n) is 2.92. The van der Waals surface area contributed by atoms with Crippen LogP contribution in [0.5, 0.6) is 0 Å². The molecule has 25 heavy (non-hydrogen) atoms. The van der Waals surface area contributed by atoms with Crippen molar-refractivity contribution in [2.24, 2.45) is 0 Å². The predicted molar refractivity (Wildman–Crippen MR) is 98.0 cm³/mol. The molecule has 0 bridgehead atoms. The first-order chi connectivity index (χ1) is 12.3. The molecule has 0 aliphatic rings. The Bertz CT molecular complexity index is 1070. The van der Waals surface area contributed by atoms with Crippen molar-refractivity contribution in [2.45, 2.75) is 31.6 Å². The van der Waals surface area contributed by atoms with Gasteiger partial charge in [-0.3, -0.25) is 18.4 Å². The van der Waals surface area contributed by atoms with Crippen LogP contribution in [-0.2, 0) is 13.1 Å². The Hall–Kier alpha value is -2.61. The van der Waals surface area contributed by atoms with E-state index in [0.717, 1.165) is 29.4 Å². The van der Waals surface area contributed by atoms with Gasteiger partial charge in [-0.2, -0.15) is 5.10 Å². The normalized spacial score (nSPS) is 11.6. The predicted octanol–water partition coefficient (Wildman–Crippen LogP) is 2.44. The van der Waals surface area contributed by atoms with Gasteiger partial charge in [-0.25, -0.2) is 0 Å². The van der Waals surface area contributed by atoms with Crippen molar-refractivity contribution in [3.05, 3.63) is 53.1 Å². The first-order valence-corrected chi connectivity index (χ1v) is 9.25. The molecule has 4 rings (SSSR count). The van der Waals surface area contributed by atoms with Crippen molar-refractivity contribution in [3.8, 4) is 0 Å². The number of aromatic nitrogens is 6. The molecule has 3 aromatic heterocycles. The maximum absolute atomic E-state index is 12.8. The summed E-state index contributed by atoms with van der Waals surface area (Å²) in [5.41, 5.74) is 0.840. The molecule has 128 valence electrons. The van der Waals surface area contributed by atoms with Crippen LogP contribution in [-0.4, -0.2) is 34.7 Å². The highest BCUT2D eigenvalue weighted by Crippen LogP contribution is 2.21. The van der Waals surface area contributed by atoms with Gasteiger partial charge in [0.1, 0.15) is 0 Å². The van der Waals surface area contributed by atoms with Gasteiger partial charge in [0.25, 0.3) is 5.56 Å². The Balaban J connectivity index is 1.79. The zero-order valence-electron chi connectivity index (χ0n) is 13.9. The molecule has 0 saturated carbocycles. The van der Waals surface area contributed by atoms with Gasteiger partial charge < -0.3 is 0 Å². The van der Waals surface area contributed by atoms with E-state index in [4.69, 9.17) is 0 Å². The van der Waals surface area contributed by atoms with Gasteiger partial charge in [-0.15, -0.1) is 10.2 Å². The van der Waals surface area contributed by atoms with Crippen molar-refractivity contribution in [1.82, 2.24) is 28.9 Å². The molecule has 4 aromatic rings. The zero-order valence-corrected chi connectivity index (χ0v) is 14.7. The lowest BCUT2D eigenvalue weighted by atomic mass is 10.2. The average molecular weight is 354 g/mol. The van der Waals surface area contributed by atoms with E-state index in [1.54, 1.807) is 22.5 Å². The van der Waals surface area contributed by atoms with Crippen molar-refractivity contribution < 1.29 is 0 Å². The highest BCUT2D eigenvalue weighted by Gasteiger charge is 2.16. The number of para-hydroxylation sites is 1. The summed E-state index contributed by atoms with van der Waals surface area (Å²) in [5.74, 6) is 1.43. The highest BCUT2D eigenvalue weighted by molar-refractivity contribution is 7.99. The monoisotopic (exact) mass is 354 g/mol. The summed E-state index contributed by atoms with van der Waals surface area (Å²) in [6.45, 7) is 3.47. The van der Waals surface area contributed by atoms with E-state index in [9.17, 15) is 4.79 Å². The number of hydrogen-bond donors (Lipinski definition) is 0. The molecule has 0 N–H and O–H groups in total. The van der Waals surface area contributed by atoms with E-state index >= 15 is 0 Å². The third kappa shape index (κ3) is 2.82. The lowest BCUT2D eigenvalue weighted by Gasteiger charge is -2.10. The van der Waals surface area contributed by atoms with Crippen LogP contribution >= 0.6 is 11.8 Å². The summed E-state index contributed by atoms with van der Waals surface area (Å²) in [5, 5.41) is 14.3. The maximum atomic E-state index is 12.8. The Morgan fingerprint density at radius 2 is 2.00 bits per heavy atom. The van der Waals surface area contributed by atoms with E-state index in [1.165, 1.54) is 0 Å². The van der Waals surface area contributed by atoms with E-state index < -0.39 is 0 Å². The molecule has 8 heteroatoms. The number of hydrogen-bond acceptors (Lipinski definition) is 5. The van der Waals surface area contributed by atoms with Gasteiger partial charge in [0.15, 0.2) is 5.16 Å². The number of thioether (sulfide) groups is 1. The largest absolute Gasteiger partial charge is 0.276 e. The van der Waals surface area contributed by atoms with Crippen LogP contribution in [0.1, 0.15) is 13.3 Å². The molecule has 1 aromatic carbocycles. The fourth-order valence-corrected chi connectivity index (χ4v) is 3.78. The lowest BCUT2D eigenvalue weighted by Crippen LogP contribution is -2.23. The van der Waals surface area contributed by atoms with Crippen molar-refractivity contribution in [1.29, 1.82) is 0 Å². The fraction of sp³-hybridized carbons (Fsp3) is 0.294.